The van der Waals surface area contributed by atoms with Crippen molar-refractivity contribution >= 4 is 0 Å². The predicted molar refractivity (Wildman–Crippen MR) is 64.3 cm³/mol. The van der Waals surface area contributed by atoms with Crippen molar-refractivity contribution in [2.24, 2.45) is 0 Å². The largest absolute Gasteiger partial charge is 0.377 e. The van der Waals surface area contributed by atoms with Gasteiger partial charge < -0.3 is 14.8 Å². The first kappa shape index (κ1) is 13.5. The molecule has 4 heteroatoms. The van der Waals surface area contributed by atoms with Gasteiger partial charge in [-0.2, -0.15) is 0 Å². The Kier molecular flexibility index (Phi) is 5.78. The number of rotatable bonds is 6. The second-order valence-electron chi connectivity index (χ2n) is 4.19. The van der Waals surface area contributed by atoms with Crippen LogP contribution in [0.15, 0.2) is 0 Å². The van der Waals surface area contributed by atoms with Gasteiger partial charge in [0, 0.05) is 39.9 Å². The van der Waals surface area contributed by atoms with Gasteiger partial charge in [-0.25, -0.2) is 0 Å². The van der Waals surface area contributed by atoms with Crippen LogP contribution in [0.4, 0.5) is 0 Å². The van der Waals surface area contributed by atoms with Crippen LogP contribution < -0.4 is 5.32 Å². The highest BCUT2D eigenvalue weighted by atomic mass is 16.5. The minimum absolute atomic E-state index is 0.181. The topological polar surface area (TPSA) is 33.7 Å². The third kappa shape index (κ3) is 3.46. The summed E-state index contributed by atoms with van der Waals surface area (Å²) in [6.07, 6.45) is 5.55. The van der Waals surface area contributed by atoms with Crippen LogP contribution in [-0.2, 0) is 9.47 Å². The smallest absolute Gasteiger partial charge is 0.0971 e. The molecule has 1 aliphatic heterocycles. The maximum atomic E-state index is 5.40. The molecule has 0 aromatic carbocycles. The molecule has 1 aliphatic rings. The predicted octanol–water partition coefficient (Wildman–Crippen LogP) is -0.0567. The summed E-state index contributed by atoms with van der Waals surface area (Å²) >= 11 is 0. The first-order chi connectivity index (χ1) is 7.72. The Balaban J connectivity index is 2.35. The van der Waals surface area contributed by atoms with Gasteiger partial charge in [0.2, 0.25) is 0 Å². The Labute approximate surface area is 98.3 Å². The number of methoxy groups -OCH3 is 2. The van der Waals surface area contributed by atoms with Crippen LogP contribution in [0.25, 0.3) is 0 Å². The molecule has 1 heterocycles. The lowest BCUT2D eigenvalue weighted by Crippen LogP contribution is -2.39. The van der Waals surface area contributed by atoms with Crippen LogP contribution in [0.3, 0.4) is 0 Å². The van der Waals surface area contributed by atoms with Crippen LogP contribution in [0, 0.1) is 12.3 Å². The standard InChI is InChI=1S/C12H22N2O2/c1-5-6-13-7-10(2)14-8-11(15-3)12(9-14)16-4/h1,10-13H,6-9H2,2-4H3. The number of hydrogen-bond acceptors (Lipinski definition) is 4. The molecule has 0 spiro atoms. The van der Waals surface area contributed by atoms with Crippen molar-refractivity contribution in [2.75, 3.05) is 40.4 Å². The molecule has 1 fully saturated rings. The zero-order valence-corrected chi connectivity index (χ0v) is 10.4. The van der Waals surface area contributed by atoms with Gasteiger partial charge in [0.25, 0.3) is 0 Å². The molecule has 3 atom stereocenters. The fourth-order valence-electron chi connectivity index (χ4n) is 2.07. The van der Waals surface area contributed by atoms with E-state index in [1.54, 1.807) is 14.2 Å². The fourth-order valence-corrected chi connectivity index (χ4v) is 2.07. The lowest BCUT2D eigenvalue weighted by atomic mass is 10.3. The van der Waals surface area contributed by atoms with E-state index in [0.717, 1.165) is 19.6 Å². The first-order valence-electron chi connectivity index (χ1n) is 5.66. The Hall–Kier alpha value is -0.600. The average molecular weight is 226 g/mol. The van der Waals surface area contributed by atoms with E-state index in [-0.39, 0.29) is 12.2 Å². The molecule has 0 aromatic heterocycles. The number of likely N-dealkylation sites (tertiary alicyclic amines) is 1. The molecule has 92 valence electrons. The number of ether oxygens (including phenoxy) is 2. The second-order valence-corrected chi connectivity index (χ2v) is 4.19. The zero-order valence-electron chi connectivity index (χ0n) is 10.4. The van der Waals surface area contributed by atoms with E-state index in [1.165, 1.54) is 0 Å². The second kappa shape index (κ2) is 6.87. The van der Waals surface area contributed by atoms with Crippen molar-refractivity contribution in [2.45, 2.75) is 25.2 Å². The van der Waals surface area contributed by atoms with Gasteiger partial charge in [-0.05, 0) is 6.92 Å². The van der Waals surface area contributed by atoms with E-state index in [1.807, 2.05) is 0 Å². The summed E-state index contributed by atoms with van der Waals surface area (Å²) in [6, 6.07) is 0.450. The molecule has 0 amide bonds. The summed E-state index contributed by atoms with van der Waals surface area (Å²) in [7, 11) is 3.48. The minimum atomic E-state index is 0.181. The lowest BCUT2D eigenvalue weighted by Gasteiger charge is -2.23. The van der Waals surface area contributed by atoms with E-state index >= 15 is 0 Å². The number of terminal acetylenes is 1. The third-order valence-electron chi connectivity index (χ3n) is 3.14. The molecule has 1 saturated heterocycles. The molecule has 1 N–H and O–H groups in total. The van der Waals surface area contributed by atoms with Crippen molar-refractivity contribution in [1.29, 1.82) is 0 Å². The molecule has 16 heavy (non-hydrogen) atoms. The normalized spacial score (nSPS) is 27.9. The van der Waals surface area contributed by atoms with Crippen LogP contribution in [0.1, 0.15) is 6.92 Å². The zero-order chi connectivity index (χ0) is 12.0. The SMILES string of the molecule is C#CCNCC(C)N1CC(OC)C(OC)C1. The van der Waals surface area contributed by atoms with E-state index < -0.39 is 0 Å². The summed E-state index contributed by atoms with van der Waals surface area (Å²) in [4.78, 5) is 2.37. The molecule has 4 nitrogen and oxygen atoms in total. The summed E-state index contributed by atoms with van der Waals surface area (Å²) in [6.45, 7) is 5.56. The molecule has 1 rings (SSSR count). The molecule has 0 saturated carbocycles. The number of nitrogens with one attached hydrogen (secondary N) is 1. The lowest BCUT2D eigenvalue weighted by molar-refractivity contribution is -0.00461. The number of hydrogen-bond donors (Lipinski definition) is 1. The highest BCUT2D eigenvalue weighted by Crippen LogP contribution is 2.17. The van der Waals surface area contributed by atoms with Crippen molar-refractivity contribution in [3.8, 4) is 12.3 Å². The van der Waals surface area contributed by atoms with Gasteiger partial charge in [-0.3, -0.25) is 4.90 Å². The summed E-state index contributed by atoms with van der Waals surface area (Å²) in [5.74, 6) is 2.57. The number of nitrogens with zero attached hydrogens (tertiary/aromatic N) is 1. The minimum Gasteiger partial charge on any atom is -0.377 e. The van der Waals surface area contributed by atoms with E-state index in [0.29, 0.717) is 12.6 Å². The van der Waals surface area contributed by atoms with Gasteiger partial charge >= 0.3 is 0 Å². The molecule has 0 aliphatic carbocycles. The summed E-state index contributed by atoms with van der Waals surface area (Å²) in [5, 5.41) is 3.22. The quantitative estimate of drug-likeness (QED) is 0.508. The van der Waals surface area contributed by atoms with Crippen LogP contribution in [0.5, 0.6) is 0 Å². The van der Waals surface area contributed by atoms with Crippen molar-refractivity contribution < 1.29 is 9.47 Å². The van der Waals surface area contributed by atoms with E-state index in [2.05, 4.69) is 23.1 Å². The monoisotopic (exact) mass is 226 g/mol. The molecule has 0 radical (unpaired) electrons. The Bertz CT molecular complexity index is 228. The van der Waals surface area contributed by atoms with E-state index in [4.69, 9.17) is 15.9 Å². The Morgan fingerprint density at radius 2 is 1.94 bits per heavy atom. The molecule has 0 aromatic rings. The summed E-state index contributed by atoms with van der Waals surface area (Å²) < 4.78 is 10.8. The third-order valence-corrected chi connectivity index (χ3v) is 3.14. The Morgan fingerprint density at radius 3 is 2.38 bits per heavy atom. The molecule has 0 bridgehead atoms. The first-order valence-corrected chi connectivity index (χ1v) is 5.66. The average Bonchev–Trinajstić information content (AvgIpc) is 2.72. The molecular weight excluding hydrogens is 204 g/mol. The summed E-state index contributed by atoms with van der Waals surface area (Å²) in [5.41, 5.74) is 0. The maximum absolute atomic E-state index is 5.40. The van der Waals surface area contributed by atoms with Crippen molar-refractivity contribution in [3.05, 3.63) is 0 Å². The van der Waals surface area contributed by atoms with Crippen molar-refractivity contribution in [3.63, 3.8) is 0 Å². The van der Waals surface area contributed by atoms with Gasteiger partial charge in [0.1, 0.15) is 0 Å². The maximum Gasteiger partial charge on any atom is 0.0971 e. The highest BCUT2D eigenvalue weighted by molar-refractivity contribution is 4.90. The highest BCUT2D eigenvalue weighted by Gasteiger charge is 2.34. The van der Waals surface area contributed by atoms with Gasteiger partial charge in [0.15, 0.2) is 0 Å². The Morgan fingerprint density at radius 1 is 1.38 bits per heavy atom. The van der Waals surface area contributed by atoms with Gasteiger partial charge in [-0.1, -0.05) is 5.92 Å². The van der Waals surface area contributed by atoms with Gasteiger partial charge in [0.05, 0.1) is 18.8 Å². The van der Waals surface area contributed by atoms with Crippen molar-refractivity contribution in [1.82, 2.24) is 10.2 Å². The van der Waals surface area contributed by atoms with Gasteiger partial charge in [-0.15, -0.1) is 6.42 Å². The van der Waals surface area contributed by atoms with Crippen LogP contribution >= 0.6 is 0 Å². The fraction of sp³-hybridized carbons (Fsp3) is 0.833. The van der Waals surface area contributed by atoms with E-state index in [9.17, 15) is 0 Å². The van der Waals surface area contributed by atoms with Crippen LogP contribution in [0.2, 0.25) is 0 Å². The molecule has 3 unspecified atom stereocenters. The molecular formula is C12H22N2O2. The van der Waals surface area contributed by atoms with Crippen LogP contribution in [-0.4, -0.2) is 63.5 Å².